The Balaban J connectivity index is 0.000000221. The summed E-state index contributed by atoms with van der Waals surface area (Å²) in [6.45, 7) is 19.9. The number of carboxylic acid groups (broad SMARTS) is 1. The number of aryl methyl sites for hydroxylation is 4. The van der Waals surface area contributed by atoms with Gasteiger partial charge in [0.15, 0.2) is 0 Å². The molecule has 0 bridgehead atoms. The highest BCUT2D eigenvalue weighted by Crippen LogP contribution is 2.43. The van der Waals surface area contributed by atoms with E-state index in [-0.39, 0.29) is 29.6 Å². The summed E-state index contributed by atoms with van der Waals surface area (Å²) in [5, 5.41) is 30.5. The molecule has 2 heterocycles. The van der Waals surface area contributed by atoms with Crippen LogP contribution in [0.2, 0.25) is 0 Å². The second-order valence-electron chi connectivity index (χ2n) is 21.7. The maximum Gasteiger partial charge on any atom is 0.310 e. The number of aromatic nitrogens is 2. The van der Waals surface area contributed by atoms with E-state index in [0.29, 0.717) is 12.2 Å². The number of carbonyl (C=O) groups is 2. The lowest BCUT2D eigenvalue weighted by Gasteiger charge is -2.34. The lowest BCUT2D eigenvalue weighted by molar-refractivity contribution is -0.142. The molecule has 0 aliphatic heterocycles. The Bertz CT molecular complexity index is 3000. The molecule has 2 fully saturated rings. The zero-order chi connectivity index (χ0) is 54.7. The van der Waals surface area contributed by atoms with Gasteiger partial charge < -0.3 is 20.1 Å². The number of aliphatic carboxylic acids is 1. The molecular formula is C68H82N2O6. The van der Waals surface area contributed by atoms with Gasteiger partial charge in [0, 0.05) is 34.4 Å². The van der Waals surface area contributed by atoms with Crippen LogP contribution in [0.3, 0.4) is 0 Å². The summed E-state index contributed by atoms with van der Waals surface area (Å²) in [6, 6.07) is 34.7. The molecule has 76 heavy (non-hydrogen) atoms. The molecule has 2 aromatic heterocycles. The Morgan fingerprint density at radius 2 is 0.895 bits per heavy atom. The van der Waals surface area contributed by atoms with E-state index in [1.807, 2.05) is 43.3 Å². The van der Waals surface area contributed by atoms with E-state index in [9.17, 15) is 19.8 Å². The average Bonchev–Trinajstić information content (AvgIpc) is 4.06. The zero-order valence-electron chi connectivity index (χ0n) is 46.8. The first-order valence-corrected chi connectivity index (χ1v) is 28.0. The molecule has 0 radical (unpaired) electrons. The van der Waals surface area contributed by atoms with Crippen molar-refractivity contribution in [1.29, 1.82) is 0 Å². The Morgan fingerprint density at radius 1 is 0.526 bits per heavy atom. The Labute approximate surface area is 453 Å². The van der Waals surface area contributed by atoms with Gasteiger partial charge in [0.2, 0.25) is 0 Å². The van der Waals surface area contributed by atoms with E-state index in [1.165, 1.54) is 44.5 Å². The molecule has 2 saturated carbocycles. The maximum absolute atomic E-state index is 11.8. The molecule has 0 atom stereocenters. The molecule has 2 aliphatic rings. The molecule has 8 heteroatoms. The molecule has 0 unspecified atom stereocenters. The van der Waals surface area contributed by atoms with Crippen molar-refractivity contribution in [1.82, 2.24) is 9.97 Å². The highest BCUT2D eigenvalue weighted by Gasteiger charge is 2.34. The smallest absolute Gasteiger partial charge is 0.310 e. The zero-order valence-corrected chi connectivity index (χ0v) is 46.8. The molecule has 400 valence electrons. The third-order valence-corrected chi connectivity index (χ3v) is 16.9. The van der Waals surface area contributed by atoms with Crippen LogP contribution in [0.1, 0.15) is 178 Å². The van der Waals surface area contributed by atoms with Gasteiger partial charge >= 0.3 is 11.9 Å². The van der Waals surface area contributed by atoms with Crippen molar-refractivity contribution in [2.75, 3.05) is 6.61 Å². The number of hydrogen-bond donors (Lipinski definition) is 3. The van der Waals surface area contributed by atoms with Crippen LogP contribution in [0.4, 0.5) is 0 Å². The number of nitrogens with zero attached hydrogens (tertiary/aromatic N) is 2. The van der Waals surface area contributed by atoms with Crippen molar-refractivity contribution in [3.05, 3.63) is 188 Å². The summed E-state index contributed by atoms with van der Waals surface area (Å²) in [5.74, 6) is -1.08. The number of rotatable bonds is 19. The summed E-state index contributed by atoms with van der Waals surface area (Å²) < 4.78 is 5.05. The third kappa shape index (κ3) is 13.2. The van der Waals surface area contributed by atoms with Gasteiger partial charge in [0.05, 0.1) is 42.0 Å². The second kappa shape index (κ2) is 25.1. The van der Waals surface area contributed by atoms with Crippen LogP contribution in [0.25, 0.3) is 34.7 Å². The average molecular weight is 1020 g/mol. The predicted octanol–water partition coefficient (Wildman–Crippen LogP) is 15.3. The van der Waals surface area contributed by atoms with Crippen molar-refractivity contribution in [3.63, 3.8) is 0 Å². The summed E-state index contributed by atoms with van der Waals surface area (Å²) >= 11 is 0. The molecule has 6 aromatic rings. The molecule has 4 aromatic carbocycles. The van der Waals surface area contributed by atoms with Crippen LogP contribution >= 0.6 is 0 Å². The van der Waals surface area contributed by atoms with Gasteiger partial charge in [-0.1, -0.05) is 163 Å². The standard InChI is InChI=1S/C35H43NO3.C33H39NO3/c1-6-35(7-2,29-13-12-28(25(4)21-29)17-20-34(38)18-9-10-19-34)30-14-15-31(26(5)22-30)32-16-11-27(24-36-32)23-33(37)39-8-3;1-5-33(6-2,27-11-10-26(23(3)19-27)15-18-32(37)16-7-8-17-32)28-12-13-29(24(4)20-28)30-14-9-25(22-34-30)21-31(35)36/h11-17,20-22,24,38H,6-10,18-19,23H2,1-5H3;9-15,18-20,22,37H,5-8,16-17,21H2,1-4H3,(H,35,36)/b20-17+;18-15+. The molecule has 3 N–H and O–H groups in total. The monoisotopic (exact) mass is 1020 g/mol. The van der Waals surface area contributed by atoms with Gasteiger partial charge in [0.1, 0.15) is 0 Å². The molecule has 8 rings (SSSR count). The van der Waals surface area contributed by atoms with Gasteiger partial charge in [0.25, 0.3) is 0 Å². The van der Waals surface area contributed by atoms with E-state index in [2.05, 4.69) is 150 Å². The van der Waals surface area contributed by atoms with Crippen LogP contribution in [0.5, 0.6) is 0 Å². The number of ether oxygens (including phenoxy) is 1. The predicted molar refractivity (Wildman–Crippen MR) is 310 cm³/mol. The number of carbonyl (C=O) groups excluding carboxylic acids is 1. The number of aliphatic hydroxyl groups is 2. The lowest BCUT2D eigenvalue weighted by Crippen LogP contribution is -2.26. The fourth-order valence-electron chi connectivity index (χ4n) is 12.0. The van der Waals surface area contributed by atoms with Gasteiger partial charge in [-0.15, -0.1) is 0 Å². The van der Waals surface area contributed by atoms with E-state index < -0.39 is 17.2 Å². The minimum atomic E-state index is -0.851. The number of carboxylic acids is 1. The topological polar surface area (TPSA) is 130 Å². The van der Waals surface area contributed by atoms with Crippen molar-refractivity contribution < 1.29 is 29.6 Å². The van der Waals surface area contributed by atoms with Crippen LogP contribution in [-0.4, -0.2) is 55.0 Å². The molecular weight excluding hydrogens is 941 g/mol. The minimum Gasteiger partial charge on any atom is -0.481 e. The van der Waals surface area contributed by atoms with E-state index in [4.69, 9.17) is 9.84 Å². The van der Waals surface area contributed by atoms with Crippen LogP contribution in [0.15, 0.2) is 122 Å². The fraction of sp³-hybridized carbons (Fsp3) is 0.412. The minimum absolute atomic E-state index is 0.0183. The largest absolute Gasteiger partial charge is 0.481 e. The first kappa shape index (κ1) is 57.2. The summed E-state index contributed by atoms with van der Waals surface area (Å²) in [4.78, 5) is 32.0. The summed E-state index contributed by atoms with van der Waals surface area (Å²) in [5.41, 5.74) is 16.4. The fourth-order valence-corrected chi connectivity index (χ4v) is 12.0. The molecule has 2 aliphatic carbocycles. The SMILES string of the molecule is CCC(CC)(c1ccc(/C=C/C2(O)CCCC2)c(C)c1)c1ccc(-c2ccc(CC(=O)O)cn2)c(C)c1.CCOC(=O)Cc1ccc(-c2ccc(C(CC)(CC)c3ccc(/C=C/C4(O)CCCC4)c(C)c3)cc2C)nc1. The van der Waals surface area contributed by atoms with E-state index in [1.54, 1.807) is 12.4 Å². The highest BCUT2D eigenvalue weighted by molar-refractivity contribution is 5.73. The summed E-state index contributed by atoms with van der Waals surface area (Å²) in [7, 11) is 0. The molecule has 8 nitrogen and oxygen atoms in total. The lowest BCUT2D eigenvalue weighted by atomic mass is 9.69. The quantitative estimate of drug-likeness (QED) is 0.0684. The number of esters is 1. The normalized spacial score (nSPS) is 15.2. The first-order valence-electron chi connectivity index (χ1n) is 28.0. The molecule has 0 saturated heterocycles. The van der Waals surface area contributed by atoms with Crippen LogP contribution < -0.4 is 0 Å². The van der Waals surface area contributed by atoms with E-state index >= 15 is 0 Å². The highest BCUT2D eigenvalue weighted by atomic mass is 16.5. The molecule has 0 spiro atoms. The van der Waals surface area contributed by atoms with Gasteiger partial charge in [-0.25, -0.2) is 0 Å². The van der Waals surface area contributed by atoms with Crippen molar-refractivity contribution in [2.24, 2.45) is 0 Å². The number of hydrogen-bond acceptors (Lipinski definition) is 7. The molecule has 0 amide bonds. The van der Waals surface area contributed by atoms with Crippen LogP contribution in [0, 0.1) is 27.7 Å². The second-order valence-corrected chi connectivity index (χ2v) is 21.7. The van der Waals surface area contributed by atoms with Crippen molar-refractivity contribution >= 4 is 24.1 Å². The first-order chi connectivity index (χ1) is 36.4. The van der Waals surface area contributed by atoms with Crippen LogP contribution in [-0.2, 0) is 38.0 Å². The Morgan fingerprint density at radius 3 is 1.21 bits per heavy atom. The summed E-state index contributed by atoms with van der Waals surface area (Å²) in [6.07, 6.45) is 23.6. The van der Waals surface area contributed by atoms with Gasteiger partial charge in [-0.2, -0.15) is 0 Å². The van der Waals surface area contributed by atoms with E-state index in [0.717, 1.165) is 116 Å². The number of pyridine rings is 2. The van der Waals surface area contributed by atoms with Gasteiger partial charge in [-0.05, 0) is 165 Å². The van der Waals surface area contributed by atoms with Gasteiger partial charge in [-0.3, -0.25) is 19.6 Å². The Hall–Kier alpha value is -6.48. The van der Waals surface area contributed by atoms with Crippen molar-refractivity contribution in [3.8, 4) is 22.5 Å². The Kier molecular flexibility index (Phi) is 18.9. The van der Waals surface area contributed by atoms with Crippen molar-refractivity contribution in [2.45, 2.75) is 174 Å². The number of benzene rings is 4. The maximum atomic E-state index is 11.8. The third-order valence-electron chi connectivity index (χ3n) is 16.9.